The van der Waals surface area contributed by atoms with E-state index < -0.39 is 0 Å². The predicted molar refractivity (Wildman–Crippen MR) is 62.8 cm³/mol. The zero-order valence-electron chi connectivity index (χ0n) is 9.83. The van der Waals surface area contributed by atoms with E-state index in [9.17, 15) is 0 Å². The van der Waals surface area contributed by atoms with Crippen molar-refractivity contribution in [1.29, 1.82) is 0 Å². The van der Waals surface area contributed by atoms with Crippen LogP contribution in [0.2, 0.25) is 0 Å². The summed E-state index contributed by atoms with van der Waals surface area (Å²) in [6, 6.07) is 0. The molecule has 2 heteroatoms. The summed E-state index contributed by atoms with van der Waals surface area (Å²) in [7, 11) is 0. The number of nitrogens with zero attached hydrogens (tertiary/aromatic N) is 1. The van der Waals surface area contributed by atoms with Crippen LogP contribution in [0.3, 0.4) is 0 Å². The van der Waals surface area contributed by atoms with Crippen LogP contribution in [0.15, 0.2) is 0 Å². The average Bonchev–Trinajstić information content (AvgIpc) is 2.77. The molecule has 1 saturated heterocycles. The number of aliphatic hydroxyl groups excluding tert-OH is 1. The van der Waals surface area contributed by atoms with Crippen LogP contribution in [0.4, 0.5) is 0 Å². The van der Waals surface area contributed by atoms with Gasteiger partial charge in [-0.1, -0.05) is 19.3 Å². The predicted octanol–water partition coefficient (Wildman–Crippen LogP) is 2.27. The van der Waals surface area contributed by atoms with E-state index in [0.717, 1.165) is 18.3 Å². The molecular weight excluding hydrogens is 186 g/mol. The van der Waals surface area contributed by atoms with Crippen LogP contribution >= 0.6 is 0 Å². The number of unbranched alkanes of at least 4 members (excludes halogenated alkanes) is 3. The number of aliphatic hydroxyl groups is 1. The van der Waals surface area contributed by atoms with Crippen molar-refractivity contribution < 1.29 is 5.11 Å². The van der Waals surface area contributed by atoms with Crippen molar-refractivity contribution in [1.82, 2.24) is 4.90 Å². The molecule has 15 heavy (non-hydrogen) atoms. The van der Waals surface area contributed by atoms with E-state index in [1.165, 1.54) is 58.2 Å². The lowest BCUT2D eigenvalue weighted by Gasteiger charge is -2.16. The number of hydrogen-bond donors (Lipinski definition) is 1. The molecule has 1 saturated carbocycles. The maximum absolute atomic E-state index is 8.68. The molecule has 2 aliphatic rings. The molecule has 0 bridgehead atoms. The van der Waals surface area contributed by atoms with Gasteiger partial charge in [-0.3, -0.25) is 0 Å². The first kappa shape index (κ1) is 11.4. The zero-order valence-corrected chi connectivity index (χ0v) is 9.83. The second-order valence-electron chi connectivity index (χ2n) is 5.35. The number of fused-ring (bicyclic) bond motifs is 1. The summed E-state index contributed by atoms with van der Waals surface area (Å²) in [4.78, 5) is 2.67. The monoisotopic (exact) mass is 211 g/mol. The molecule has 0 aromatic rings. The molecule has 2 atom stereocenters. The van der Waals surface area contributed by atoms with Gasteiger partial charge in [0.1, 0.15) is 0 Å². The van der Waals surface area contributed by atoms with Gasteiger partial charge >= 0.3 is 0 Å². The summed E-state index contributed by atoms with van der Waals surface area (Å²) in [6.07, 6.45) is 9.30. The molecule has 1 heterocycles. The van der Waals surface area contributed by atoms with Gasteiger partial charge in [-0.25, -0.2) is 0 Å². The van der Waals surface area contributed by atoms with Crippen molar-refractivity contribution in [2.24, 2.45) is 11.8 Å². The normalized spacial score (nSPS) is 31.0. The van der Waals surface area contributed by atoms with Crippen molar-refractivity contribution in [3.8, 4) is 0 Å². The minimum atomic E-state index is 0.369. The Labute approximate surface area is 93.7 Å². The van der Waals surface area contributed by atoms with E-state index in [4.69, 9.17) is 5.11 Å². The van der Waals surface area contributed by atoms with E-state index in [0.29, 0.717) is 6.61 Å². The first-order valence-corrected chi connectivity index (χ1v) is 6.73. The Morgan fingerprint density at radius 1 is 0.933 bits per heavy atom. The third kappa shape index (κ3) is 3.18. The van der Waals surface area contributed by atoms with Crippen LogP contribution in [0.25, 0.3) is 0 Å². The van der Waals surface area contributed by atoms with Crippen LogP contribution in [0.1, 0.15) is 44.9 Å². The van der Waals surface area contributed by atoms with Gasteiger partial charge in [0.05, 0.1) is 0 Å². The first-order valence-electron chi connectivity index (χ1n) is 6.73. The highest BCUT2D eigenvalue weighted by atomic mass is 16.2. The first-order chi connectivity index (χ1) is 7.40. The summed E-state index contributed by atoms with van der Waals surface area (Å²) < 4.78 is 0. The van der Waals surface area contributed by atoms with Gasteiger partial charge in [0, 0.05) is 19.7 Å². The van der Waals surface area contributed by atoms with Crippen LogP contribution in [0.5, 0.6) is 0 Å². The molecule has 0 aromatic heterocycles. The topological polar surface area (TPSA) is 23.5 Å². The lowest BCUT2D eigenvalue weighted by molar-refractivity contribution is 0.275. The fraction of sp³-hybridized carbons (Fsp3) is 1.00. The van der Waals surface area contributed by atoms with Gasteiger partial charge < -0.3 is 10.0 Å². The largest absolute Gasteiger partial charge is 0.396 e. The van der Waals surface area contributed by atoms with Crippen LogP contribution < -0.4 is 0 Å². The van der Waals surface area contributed by atoms with Crippen LogP contribution in [0, 0.1) is 11.8 Å². The maximum Gasteiger partial charge on any atom is 0.0431 e. The molecule has 2 rings (SSSR count). The zero-order chi connectivity index (χ0) is 10.5. The van der Waals surface area contributed by atoms with Gasteiger partial charge in [0.2, 0.25) is 0 Å². The molecule has 0 amide bonds. The summed E-state index contributed by atoms with van der Waals surface area (Å²) in [5, 5.41) is 8.68. The molecule has 1 N–H and O–H groups in total. The molecule has 2 fully saturated rings. The Balaban J connectivity index is 1.53. The third-order valence-corrected chi connectivity index (χ3v) is 4.18. The number of rotatable bonds is 6. The minimum Gasteiger partial charge on any atom is -0.396 e. The highest BCUT2D eigenvalue weighted by Crippen LogP contribution is 2.37. The molecule has 0 aromatic carbocycles. The second-order valence-corrected chi connectivity index (χ2v) is 5.35. The number of hydrogen-bond acceptors (Lipinski definition) is 2. The van der Waals surface area contributed by atoms with Gasteiger partial charge in [-0.05, 0) is 44.1 Å². The van der Waals surface area contributed by atoms with Crippen LogP contribution in [-0.4, -0.2) is 36.2 Å². The molecule has 1 aliphatic heterocycles. The van der Waals surface area contributed by atoms with Crippen molar-refractivity contribution in [2.75, 3.05) is 26.2 Å². The molecule has 1 aliphatic carbocycles. The van der Waals surface area contributed by atoms with Gasteiger partial charge in [0.15, 0.2) is 0 Å². The maximum atomic E-state index is 8.68. The standard InChI is InChI=1S/C13H25NO/c15-9-4-2-1-3-8-14-10-12-6-5-7-13(12)11-14/h12-13,15H,1-11H2. The Hall–Kier alpha value is -0.0800. The second kappa shape index (κ2) is 5.86. The summed E-state index contributed by atoms with van der Waals surface area (Å²) in [5.41, 5.74) is 0. The Morgan fingerprint density at radius 2 is 1.60 bits per heavy atom. The van der Waals surface area contributed by atoms with Crippen molar-refractivity contribution in [3.63, 3.8) is 0 Å². The van der Waals surface area contributed by atoms with Gasteiger partial charge in [0.25, 0.3) is 0 Å². The van der Waals surface area contributed by atoms with E-state index >= 15 is 0 Å². The third-order valence-electron chi connectivity index (χ3n) is 4.18. The summed E-state index contributed by atoms with van der Waals surface area (Å²) >= 11 is 0. The van der Waals surface area contributed by atoms with Crippen LogP contribution in [-0.2, 0) is 0 Å². The molecule has 2 nitrogen and oxygen atoms in total. The Kier molecular flexibility index (Phi) is 4.45. The van der Waals surface area contributed by atoms with E-state index in [2.05, 4.69) is 4.90 Å². The van der Waals surface area contributed by atoms with Gasteiger partial charge in [-0.15, -0.1) is 0 Å². The highest BCUT2D eigenvalue weighted by Gasteiger charge is 2.35. The fourth-order valence-corrected chi connectivity index (χ4v) is 3.32. The van der Waals surface area contributed by atoms with E-state index in [1.807, 2.05) is 0 Å². The minimum absolute atomic E-state index is 0.369. The Bertz CT molecular complexity index is 171. The molecule has 88 valence electrons. The molecular formula is C13H25NO. The van der Waals surface area contributed by atoms with Gasteiger partial charge in [-0.2, -0.15) is 0 Å². The Morgan fingerprint density at radius 3 is 2.27 bits per heavy atom. The molecule has 2 unspecified atom stereocenters. The smallest absolute Gasteiger partial charge is 0.0431 e. The summed E-state index contributed by atoms with van der Waals surface area (Å²) in [5.74, 6) is 2.09. The number of likely N-dealkylation sites (tertiary alicyclic amines) is 1. The van der Waals surface area contributed by atoms with Crippen molar-refractivity contribution in [2.45, 2.75) is 44.9 Å². The van der Waals surface area contributed by atoms with E-state index in [1.54, 1.807) is 0 Å². The van der Waals surface area contributed by atoms with Crippen molar-refractivity contribution in [3.05, 3.63) is 0 Å². The van der Waals surface area contributed by atoms with Crippen molar-refractivity contribution >= 4 is 0 Å². The fourth-order valence-electron chi connectivity index (χ4n) is 3.32. The average molecular weight is 211 g/mol. The summed E-state index contributed by atoms with van der Waals surface area (Å²) in [6.45, 7) is 4.43. The molecule has 0 spiro atoms. The lowest BCUT2D eigenvalue weighted by Crippen LogP contribution is -2.22. The quantitative estimate of drug-likeness (QED) is 0.681. The lowest BCUT2D eigenvalue weighted by atomic mass is 10.0. The highest BCUT2D eigenvalue weighted by molar-refractivity contribution is 4.88. The SMILES string of the molecule is OCCCCCCN1CC2CCCC2C1. The van der Waals surface area contributed by atoms with E-state index in [-0.39, 0.29) is 0 Å². The molecule has 0 radical (unpaired) electrons.